The van der Waals surface area contributed by atoms with Crippen LogP contribution in [0.5, 0.6) is 0 Å². The van der Waals surface area contributed by atoms with Crippen molar-refractivity contribution in [3.8, 4) is 55.9 Å². The molecule has 0 aliphatic heterocycles. The molecule has 0 unspecified atom stereocenters. The molecular weight excluding hydrogens is 653 g/mol. The van der Waals surface area contributed by atoms with Gasteiger partial charge >= 0.3 is 0 Å². The molecular formula is C52H32N2. The Morgan fingerprint density at radius 1 is 0.241 bits per heavy atom. The molecule has 0 fully saturated rings. The van der Waals surface area contributed by atoms with Crippen molar-refractivity contribution in [1.29, 1.82) is 0 Å². The van der Waals surface area contributed by atoms with E-state index < -0.39 is 0 Å². The van der Waals surface area contributed by atoms with Crippen LogP contribution in [-0.4, -0.2) is 9.13 Å². The maximum Gasteiger partial charge on any atom is 0.0542 e. The fraction of sp³-hybridized carbons (Fsp3) is 0. The van der Waals surface area contributed by atoms with E-state index in [2.05, 4.69) is 203 Å². The second kappa shape index (κ2) is 11.2. The van der Waals surface area contributed by atoms with Crippen molar-refractivity contribution in [3.05, 3.63) is 194 Å². The molecule has 0 saturated carbocycles. The fourth-order valence-electron chi connectivity index (χ4n) is 9.31. The molecule has 2 heterocycles. The zero-order chi connectivity index (χ0) is 35.3. The highest BCUT2D eigenvalue weighted by Gasteiger charge is 2.22. The minimum atomic E-state index is 1.15. The van der Waals surface area contributed by atoms with Crippen molar-refractivity contribution in [3.63, 3.8) is 0 Å². The van der Waals surface area contributed by atoms with Gasteiger partial charge in [-0.05, 0) is 110 Å². The van der Waals surface area contributed by atoms with Crippen LogP contribution in [0.15, 0.2) is 194 Å². The minimum absolute atomic E-state index is 1.15. The van der Waals surface area contributed by atoms with Crippen LogP contribution >= 0.6 is 0 Å². The van der Waals surface area contributed by atoms with Crippen LogP contribution in [0.1, 0.15) is 0 Å². The molecule has 1 aliphatic rings. The summed E-state index contributed by atoms with van der Waals surface area (Å²) in [6.07, 6.45) is 0. The summed E-state index contributed by atoms with van der Waals surface area (Å²) >= 11 is 0. The van der Waals surface area contributed by atoms with Crippen molar-refractivity contribution in [2.75, 3.05) is 0 Å². The Morgan fingerprint density at radius 2 is 0.722 bits per heavy atom. The number of fused-ring (bicyclic) bond motifs is 9. The molecule has 0 bridgehead atoms. The highest BCUT2D eigenvalue weighted by molar-refractivity contribution is 6.19. The summed E-state index contributed by atoms with van der Waals surface area (Å²) in [6.45, 7) is 0. The van der Waals surface area contributed by atoms with Crippen molar-refractivity contribution in [2.24, 2.45) is 0 Å². The molecule has 1 aliphatic carbocycles. The summed E-state index contributed by atoms with van der Waals surface area (Å²) in [5.74, 6) is 0. The van der Waals surface area contributed by atoms with Crippen LogP contribution < -0.4 is 0 Å². The third-order valence-corrected chi connectivity index (χ3v) is 11.7. The van der Waals surface area contributed by atoms with E-state index in [9.17, 15) is 0 Å². The van der Waals surface area contributed by atoms with E-state index in [0.717, 1.165) is 5.69 Å². The molecule has 2 heteroatoms. The lowest BCUT2D eigenvalue weighted by Crippen LogP contribution is -1.96. The normalized spacial score (nSPS) is 12.1. The highest BCUT2D eigenvalue weighted by Crippen LogP contribution is 2.49. The van der Waals surface area contributed by atoms with Crippen molar-refractivity contribution >= 4 is 54.4 Å². The maximum absolute atomic E-state index is 2.41. The number of rotatable bonds is 4. The standard InChI is InChI=1S/C52H32N2/c1-2-14-40-39(13-1)45-19-10-18-44-38(28-29-46(40)52(44)45)35-12-9-11-34(31-35)33-23-25-36(26-24-33)53-50-22-8-5-17-43(50)47-32-37(27-30-51(47)53)54-48-20-6-3-15-41(48)42-16-4-7-21-49(42)54/h1-32H. The number of benzene rings is 9. The molecule has 2 aromatic heterocycles. The average Bonchev–Trinajstić information content (AvgIpc) is 3.88. The third kappa shape index (κ3) is 4.11. The van der Waals surface area contributed by atoms with E-state index in [1.807, 2.05) is 0 Å². The lowest BCUT2D eigenvalue weighted by molar-refractivity contribution is 1.17. The van der Waals surface area contributed by atoms with E-state index in [0.29, 0.717) is 0 Å². The smallest absolute Gasteiger partial charge is 0.0542 e. The van der Waals surface area contributed by atoms with E-state index in [4.69, 9.17) is 0 Å². The summed E-state index contributed by atoms with van der Waals surface area (Å²) in [5.41, 5.74) is 17.4. The van der Waals surface area contributed by atoms with Gasteiger partial charge in [-0.1, -0.05) is 140 Å². The van der Waals surface area contributed by atoms with E-state index in [-0.39, 0.29) is 0 Å². The molecule has 2 nitrogen and oxygen atoms in total. The largest absolute Gasteiger partial charge is 0.309 e. The molecule has 0 radical (unpaired) electrons. The van der Waals surface area contributed by atoms with Crippen LogP contribution in [0.4, 0.5) is 0 Å². The van der Waals surface area contributed by atoms with Gasteiger partial charge in [0.2, 0.25) is 0 Å². The topological polar surface area (TPSA) is 9.86 Å². The molecule has 0 amide bonds. The van der Waals surface area contributed by atoms with E-state index in [1.54, 1.807) is 0 Å². The molecule has 12 rings (SSSR count). The number of aromatic nitrogens is 2. The van der Waals surface area contributed by atoms with Gasteiger partial charge in [-0.3, -0.25) is 0 Å². The Labute approximate surface area is 312 Å². The Bertz CT molecular complexity index is 3240. The van der Waals surface area contributed by atoms with Gasteiger partial charge in [0, 0.05) is 32.9 Å². The Morgan fingerprint density at radius 3 is 1.43 bits per heavy atom. The molecule has 54 heavy (non-hydrogen) atoms. The van der Waals surface area contributed by atoms with Crippen LogP contribution in [0.25, 0.3) is 110 Å². The first-order valence-corrected chi connectivity index (χ1v) is 18.7. The first-order chi connectivity index (χ1) is 26.8. The quantitative estimate of drug-likeness (QED) is 0.175. The predicted octanol–water partition coefficient (Wildman–Crippen LogP) is 14.0. The van der Waals surface area contributed by atoms with E-state index >= 15 is 0 Å². The fourth-order valence-corrected chi connectivity index (χ4v) is 9.31. The molecule has 0 saturated heterocycles. The average molecular weight is 685 g/mol. The molecule has 250 valence electrons. The second-order valence-corrected chi connectivity index (χ2v) is 14.5. The van der Waals surface area contributed by atoms with Gasteiger partial charge < -0.3 is 9.13 Å². The van der Waals surface area contributed by atoms with Gasteiger partial charge in [-0.15, -0.1) is 0 Å². The van der Waals surface area contributed by atoms with Gasteiger partial charge in [0.1, 0.15) is 0 Å². The number of nitrogens with zero attached hydrogens (tertiary/aromatic N) is 2. The summed E-state index contributed by atoms with van der Waals surface area (Å²) in [6, 6.07) is 71.4. The van der Waals surface area contributed by atoms with Crippen LogP contribution in [-0.2, 0) is 0 Å². The Kier molecular flexibility index (Phi) is 6.09. The van der Waals surface area contributed by atoms with Crippen LogP contribution in [0, 0.1) is 0 Å². The van der Waals surface area contributed by atoms with Crippen LogP contribution in [0.2, 0.25) is 0 Å². The van der Waals surface area contributed by atoms with Gasteiger partial charge in [0.15, 0.2) is 0 Å². The zero-order valence-electron chi connectivity index (χ0n) is 29.4. The zero-order valence-corrected chi connectivity index (χ0v) is 29.4. The first kappa shape index (κ1) is 29.4. The molecule has 0 atom stereocenters. The van der Waals surface area contributed by atoms with Gasteiger partial charge in [0.25, 0.3) is 0 Å². The molecule has 0 spiro atoms. The number of hydrogen-bond donors (Lipinski definition) is 0. The molecule has 11 aromatic rings. The van der Waals surface area contributed by atoms with Gasteiger partial charge in [-0.25, -0.2) is 0 Å². The molecule has 9 aromatic carbocycles. The second-order valence-electron chi connectivity index (χ2n) is 14.5. The summed E-state index contributed by atoms with van der Waals surface area (Å²) in [5, 5.41) is 7.71. The maximum atomic E-state index is 2.41. The number of para-hydroxylation sites is 3. The number of hydrogen-bond acceptors (Lipinski definition) is 0. The molecule has 0 N–H and O–H groups in total. The highest BCUT2D eigenvalue weighted by atomic mass is 15.0. The summed E-state index contributed by atoms with van der Waals surface area (Å²) < 4.78 is 4.81. The van der Waals surface area contributed by atoms with Gasteiger partial charge in [0.05, 0.1) is 22.1 Å². The summed E-state index contributed by atoms with van der Waals surface area (Å²) in [7, 11) is 0. The lowest BCUT2D eigenvalue weighted by Gasteiger charge is -2.12. The van der Waals surface area contributed by atoms with Gasteiger partial charge in [-0.2, -0.15) is 0 Å². The Hall–Kier alpha value is -7.16. The third-order valence-electron chi connectivity index (χ3n) is 11.7. The minimum Gasteiger partial charge on any atom is -0.309 e. The predicted molar refractivity (Wildman–Crippen MR) is 228 cm³/mol. The Balaban J connectivity index is 0.951. The van der Waals surface area contributed by atoms with E-state index in [1.165, 1.54) is 105 Å². The first-order valence-electron chi connectivity index (χ1n) is 18.7. The van der Waals surface area contributed by atoms with Crippen molar-refractivity contribution in [1.82, 2.24) is 9.13 Å². The monoisotopic (exact) mass is 684 g/mol. The lowest BCUT2D eigenvalue weighted by atomic mass is 9.92. The summed E-state index contributed by atoms with van der Waals surface area (Å²) in [4.78, 5) is 0. The van der Waals surface area contributed by atoms with Crippen molar-refractivity contribution < 1.29 is 0 Å². The van der Waals surface area contributed by atoms with Crippen LogP contribution in [0.3, 0.4) is 0 Å². The SMILES string of the molecule is c1cc(-c2ccc(-n3c4ccccc4c4cc(-n5c6ccccc6c6ccccc65)ccc43)cc2)cc(-c2ccc3c4c(cccc24)-c2ccccc2-3)c1. The van der Waals surface area contributed by atoms with Crippen molar-refractivity contribution in [2.45, 2.75) is 0 Å².